The number of aliphatic hydroxyl groups is 4. The number of unbranched alkanes of at least 4 members (excludes halogenated alkanes) is 14. The number of hydrogen-bond donors (Lipinski definition) is 4. The molecule has 182 valence electrons. The maximum atomic E-state index is 11.4. The molecule has 0 spiro atoms. The lowest BCUT2D eigenvalue weighted by atomic mass is 10.0. The summed E-state index contributed by atoms with van der Waals surface area (Å²) in [7, 11) is 0. The van der Waals surface area contributed by atoms with E-state index in [2.05, 4.69) is 6.92 Å². The fourth-order valence-corrected chi connectivity index (χ4v) is 2.95. The van der Waals surface area contributed by atoms with Gasteiger partial charge >= 0.3 is 5.97 Å². The van der Waals surface area contributed by atoms with Crippen molar-refractivity contribution in [2.75, 3.05) is 19.8 Å². The highest BCUT2D eigenvalue weighted by molar-refractivity contribution is 5.69. The molecule has 30 heavy (non-hydrogen) atoms. The normalized spacial score (nSPS) is 12.7. The molecular formula is C24H50O6. The molecule has 0 saturated carbocycles. The monoisotopic (exact) mass is 434 g/mol. The van der Waals surface area contributed by atoms with Crippen molar-refractivity contribution in [2.45, 2.75) is 129 Å². The first-order valence-electron chi connectivity index (χ1n) is 12.2. The summed E-state index contributed by atoms with van der Waals surface area (Å²) >= 11 is 0. The van der Waals surface area contributed by atoms with Gasteiger partial charge in [-0.3, -0.25) is 4.79 Å². The summed E-state index contributed by atoms with van der Waals surface area (Å²) in [5.41, 5.74) is 0. The van der Waals surface area contributed by atoms with Crippen LogP contribution in [-0.4, -0.2) is 58.4 Å². The standard InChI is InChI=1S/C21H42O4.C3H8O2/c1-2-3-4-5-6-7-8-9-10-11-12-13-14-15-16-17-21(24)25-19-20(23)18-22;1-3(5)2-4/h20,22-23H,2-19H2,1H3;3-5H,2H2,1H3. The SMILES string of the molecule is CC(O)CO.CCCCCCCCCCCCCCCCCC(=O)OCC(O)CO. The molecule has 6 heteroatoms. The van der Waals surface area contributed by atoms with Crippen molar-refractivity contribution in [3.8, 4) is 0 Å². The Morgan fingerprint density at radius 1 is 0.700 bits per heavy atom. The Labute approximate surface area is 185 Å². The van der Waals surface area contributed by atoms with E-state index in [-0.39, 0.29) is 25.8 Å². The van der Waals surface area contributed by atoms with Crippen LogP contribution < -0.4 is 0 Å². The summed E-state index contributed by atoms with van der Waals surface area (Å²) in [6, 6.07) is 0. The van der Waals surface area contributed by atoms with E-state index < -0.39 is 12.2 Å². The third-order valence-corrected chi connectivity index (χ3v) is 4.90. The van der Waals surface area contributed by atoms with E-state index >= 15 is 0 Å². The molecule has 0 saturated heterocycles. The molecule has 0 aromatic rings. The molecule has 0 heterocycles. The Morgan fingerprint density at radius 2 is 1.07 bits per heavy atom. The van der Waals surface area contributed by atoms with E-state index in [1.54, 1.807) is 0 Å². The highest BCUT2D eigenvalue weighted by atomic mass is 16.5. The highest BCUT2D eigenvalue weighted by Crippen LogP contribution is 2.13. The molecule has 2 atom stereocenters. The molecule has 0 aliphatic carbocycles. The minimum atomic E-state index is -0.954. The predicted molar refractivity (Wildman–Crippen MR) is 122 cm³/mol. The van der Waals surface area contributed by atoms with Crippen molar-refractivity contribution in [1.29, 1.82) is 0 Å². The van der Waals surface area contributed by atoms with E-state index in [1.807, 2.05) is 0 Å². The zero-order valence-corrected chi connectivity index (χ0v) is 19.7. The number of carbonyl (C=O) groups excluding carboxylic acids is 1. The minimum Gasteiger partial charge on any atom is -0.463 e. The first-order chi connectivity index (χ1) is 14.5. The van der Waals surface area contributed by atoms with Crippen molar-refractivity contribution in [3.63, 3.8) is 0 Å². The van der Waals surface area contributed by atoms with Crippen molar-refractivity contribution < 1.29 is 30.0 Å². The maximum absolute atomic E-state index is 11.4. The summed E-state index contributed by atoms with van der Waals surface area (Å²) in [4.78, 5) is 11.4. The number of rotatable bonds is 20. The van der Waals surface area contributed by atoms with Crippen LogP contribution in [0.2, 0.25) is 0 Å². The van der Waals surface area contributed by atoms with Gasteiger partial charge in [0.2, 0.25) is 0 Å². The fourth-order valence-electron chi connectivity index (χ4n) is 2.95. The number of hydrogen-bond acceptors (Lipinski definition) is 6. The molecule has 6 nitrogen and oxygen atoms in total. The quantitative estimate of drug-likeness (QED) is 0.166. The smallest absolute Gasteiger partial charge is 0.305 e. The first-order valence-corrected chi connectivity index (χ1v) is 12.2. The average Bonchev–Trinajstić information content (AvgIpc) is 2.75. The highest BCUT2D eigenvalue weighted by Gasteiger charge is 2.07. The van der Waals surface area contributed by atoms with Crippen LogP contribution in [0.4, 0.5) is 0 Å². The van der Waals surface area contributed by atoms with Gasteiger partial charge in [0.1, 0.15) is 12.7 Å². The van der Waals surface area contributed by atoms with Gasteiger partial charge in [0, 0.05) is 6.42 Å². The van der Waals surface area contributed by atoms with Gasteiger partial charge in [-0.1, -0.05) is 96.8 Å². The fraction of sp³-hybridized carbons (Fsp3) is 0.958. The summed E-state index contributed by atoms with van der Waals surface area (Å²) in [6.07, 6.45) is 18.5. The van der Waals surface area contributed by atoms with Gasteiger partial charge in [0.05, 0.1) is 19.3 Å². The van der Waals surface area contributed by atoms with Crippen LogP contribution >= 0.6 is 0 Å². The summed E-state index contributed by atoms with van der Waals surface area (Å²) in [5.74, 6) is -0.276. The van der Waals surface area contributed by atoms with Crippen molar-refractivity contribution >= 4 is 5.97 Å². The van der Waals surface area contributed by atoms with E-state index in [0.29, 0.717) is 6.42 Å². The lowest BCUT2D eigenvalue weighted by molar-refractivity contribution is -0.147. The summed E-state index contributed by atoms with van der Waals surface area (Å²) < 4.78 is 4.86. The molecule has 0 amide bonds. The van der Waals surface area contributed by atoms with Crippen LogP contribution in [0.15, 0.2) is 0 Å². The van der Waals surface area contributed by atoms with Crippen LogP contribution in [0, 0.1) is 0 Å². The van der Waals surface area contributed by atoms with E-state index in [0.717, 1.165) is 12.8 Å². The second kappa shape index (κ2) is 26.3. The van der Waals surface area contributed by atoms with E-state index in [1.165, 1.54) is 90.4 Å². The second-order valence-corrected chi connectivity index (χ2v) is 8.25. The molecule has 0 bridgehead atoms. The Balaban J connectivity index is 0. The molecule has 4 N–H and O–H groups in total. The van der Waals surface area contributed by atoms with Crippen LogP contribution in [0.25, 0.3) is 0 Å². The Bertz CT molecular complexity index is 336. The Hall–Kier alpha value is -0.690. The Kier molecular flexibility index (Phi) is 27.7. The lowest BCUT2D eigenvalue weighted by Crippen LogP contribution is -2.21. The van der Waals surface area contributed by atoms with Gasteiger partial charge in [-0.05, 0) is 13.3 Å². The van der Waals surface area contributed by atoms with Crippen molar-refractivity contribution in [2.24, 2.45) is 0 Å². The average molecular weight is 435 g/mol. The number of carbonyl (C=O) groups is 1. The van der Waals surface area contributed by atoms with Gasteiger partial charge in [-0.15, -0.1) is 0 Å². The molecule has 0 aliphatic heterocycles. The molecule has 0 aromatic heterocycles. The molecule has 0 fully saturated rings. The van der Waals surface area contributed by atoms with Gasteiger partial charge in [-0.25, -0.2) is 0 Å². The molecule has 0 rings (SSSR count). The van der Waals surface area contributed by atoms with E-state index in [9.17, 15) is 4.79 Å². The number of esters is 1. The largest absolute Gasteiger partial charge is 0.463 e. The van der Waals surface area contributed by atoms with Crippen molar-refractivity contribution in [3.05, 3.63) is 0 Å². The summed E-state index contributed by atoms with van der Waals surface area (Å²) in [6.45, 7) is 3.18. The molecule has 2 unspecified atom stereocenters. The molecule has 0 radical (unpaired) electrons. The Morgan fingerprint density at radius 3 is 1.40 bits per heavy atom. The zero-order valence-electron chi connectivity index (χ0n) is 19.7. The lowest BCUT2D eigenvalue weighted by Gasteiger charge is -2.08. The molecule has 0 aliphatic rings. The van der Waals surface area contributed by atoms with Gasteiger partial charge < -0.3 is 25.2 Å². The van der Waals surface area contributed by atoms with E-state index in [4.69, 9.17) is 25.2 Å². The first kappa shape index (κ1) is 31.5. The molecular weight excluding hydrogens is 384 g/mol. The maximum Gasteiger partial charge on any atom is 0.305 e. The minimum absolute atomic E-state index is 0.103. The topological polar surface area (TPSA) is 107 Å². The second-order valence-electron chi connectivity index (χ2n) is 8.25. The van der Waals surface area contributed by atoms with Gasteiger partial charge in [0.25, 0.3) is 0 Å². The number of aliphatic hydroxyl groups excluding tert-OH is 4. The molecule has 0 aromatic carbocycles. The van der Waals surface area contributed by atoms with Crippen LogP contribution in [-0.2, 0) is 9.53 Å². The van der Waals surface area contributed by atoms with Crippen LogP contribution in [0.3, 0.4) is 0 Å². The van der Waals surface area contributed by atoms with Crippen molar-refractivity contribution in [1.82, 2.24) is 0 Å². The van der Waals surface area contributed by atoms with Gasteiger partial charge in [0.15, 0.2) is 0 Å². The van der Waals surface area contributed by atoms with Crippen LogP contribution in [0.5, 0.6) is 0 Å². The number of ether oxygens (including phenoxy) is 1. The van der Waals surface area contributed by atoms with Crippen LogP contribution in [0.1, 0.15) is 117 Å². The zero-order chi connectivity index (χ0) is 22.9. The van der Waals surface area contributed by atoms with Gasteiger partial charge in [-0.2, -0.15) is 0 Å². The third-order valence-electron chi connectivity index (χ3n) is 4.90. The summed E-state index contributed by atoms with van der Waals surface area (Å²) in [5, 5.41) is 33.7. The predicted octanol–water partition coefficient (Wildman–Crippen LogP) is 4.50. The third kappa shape index (κ3) is 29.5.